The predicted molar refractivity (Wildman–Crippen MR) is 78.3 cm³/mol. The van der Waals surface area contributed by atoms with Gasteiger partial charge in [-0.25, -0.2) is 0 Å². The highest BCUT2D eigenvalue weighted by Crippen LogP contribution is 2.36. The summed E-state index contributed by atoms with van der Waals surface area (Å²) in [5.74, 6) is 0. The molecule has 1 aromatic rings. The van der Waals surface area contributed by atoms with Crippen molar-refractivity contribution < 1.29 is 17.9 Å². The maximum absolute atomic E-state index is 12.2. The number of alkyl halides is 3. The van der Waals surface area contributed by atoms with Gasteiger partial charge in [0, 0.05) is 18.0 Å². The van der Waals surface area contributed by atoms with E-state index in [1.54, 1.807) is 12.1 Å². The van der Waals surface area contributed by atoms with Crippen LogP contribution < -0.4 is 5.32 Å². The molecule has 1 aromatic carbocycles. The molecule has 0 radical (unpaired) electrons. The lowest BCUT2D eigenvalue weighted by molar-refractivity contribution is -0.0328. The zero-order valence-corrected chi connectivity index (χ0v) is 12.6. The molecule has 0 amide bonds. The third-order valence-electron chi connectivity index (χ3n) is 3.40. The standard InChI is InChI=1S/C15H20F3NOS/c16-15(17,18)21-14-6-4-12(5-7-14)11-19-9-8-13-3-1-2-10-20-13/h4-7,13,19H,1-3,8-11H2. The molecule has 21 heavy (non-hydrogen) atoms. The van der Waals surface area contributed by atoms with Crippen molar-refractivity contribution in [2.24, 2.45) is 0 Å². The third kappa shape index (κ3) is 6.72. The highest BCUT2D eigenvalue weighted by Gasteiger charge is 2.28. The van der Waals surface area contributed by atoms with Gasteiger partial charge in [0.25, 0.3) is 0 Å². The van der Waals surface area contributed by atoms with Crippen molar-refractivity contribution in [2.45, 2.75) is 48.7 Å². The van der Waals surface area contributed by atoms with E-state index in [2.05, 4.69) is 5.32 Å². The molecule has 0 aliphatic carbocycles. The highest BCUT2D eigenvalue weighted by atomic mass is 32.2. The molecule has 1 unspecified atom stereocenters. The van der Waals surface area contributed by atoms with Crippen molar-refractivity contribution in [1.82, 2.24) is 5.32 Å². The predicted octanol–water partition coefficient (Wildman–Crippen LogP) is 4.35. The lowest BCUT2D eigenvalue weighted by atomic mass is 10.1. The molecule has 1 aliphatic rings. The Balaban J connectivity index is 1.66. The lowest BCUT2D eigenvalue weighted by Gasteiger charge is -2.22. The Hall–Kier alpha value is -0.720. The second-order valence-corrected chi connectivity index (χ2v) is 6.28. The zero-order valence-electron chi connectivity index (χ0n) is 11.8. The molecule has 1 N–H and O–H groups in total. The normalized spacial score (nSPS) is 19.7. The number of nitrogens with one attached hydrogen (secondary N) is 1. The van der Waals surface area contributed by atoms with Gasteiger partial charge in [0.1, 0.15) is 0 Å². The summed E-state index contributed by atoms with van der Waals surface area (Å²) in [4.78, 5) is 0.224. The van der Waals surface area contributed by atoms with Crippen molar-refractivity contribution >= 4 is 11.8 Å². The molecule has 0 saturated carbocycles. The van der Waals surface area contributed by atoms with Crippen LogP contribution in [-0.2, 0) is 11.3 Å². The van der Waals surface area contributed by atoms with Crippen molar-refractivity contribution in [3.05, 3.63) is 29.8 Å². The average molecular weight is 319 g/mol. The summed E-state index contributed by atoms with van der Waals surface area (Å²) in [6.45, 7) is 2.40. The summed E-state index contributed by atoms with van der Waals surface area (Å²) in [6.07, 6.45) is 4.87. The van der Waals surface area contributed by atoms with Crippen molar-refractivity contribution in [2.75, 3.05) is 13.2 Å². The first-order chi connectivity index (χ1) is 10.0. The Morgan fingerprint density at radius 2 is 1.95 bits per heavy atom. The van der Waals surface area contributed by atoms with Crippen LogP contribution in [-0.4, -0.2) is 24.8 Å². The van der Waals surface area contributed by atoms with Crippen LogP contribution in [0.5, 0.6) is 0 Å². The minimum Gasteiger partial charge on any atom is -0.378 e. The van der Waals surface area contributed by atoms with Gasteiger partial charge in [-0.1, -0.05) is 12.1 Å². The van der Waals surface area contributed by atoms with Gasteiger partial charge < -0.3 is 10.1 Å². The van der Waals surface area contributed by atoms with E-state index in [4.69, 9.17) is 4.74 Å². The van der Waals surface area contributed by atoms with Gasteiger partial charge in [0.15, 0.2) is 0 Å². The highest BCUT2D eigenvalue weighted by molar-refractivity contribution is 8.00. The number of ether oxygens (including phenoxy) is 1. The molecule has 0 spiro atoms. The van der Waals surface area contributed by atoms with Gasteiger partial charge in [0.05, 0.1) is 6.10 Å². The SMILES string of the molecule is FC(F)(F)Sc1ccc(CNCCC2CCCCO2)cc1. The van der Waals surface area contributed by atoms with Crippen LogP contribution in [0.2, 0.25) is 0 Å². The molecule has 1 fully saturated rings. The number of hydrogen-bond acceptors (Lipinski definition) is 3. The van der Waals surface area contributed by atoms with Crippen LogP contribution in [0, 0.1) is 0 Å². The van der Waals surface area contributed by atoms with Crippen LogP contribution in [0.1, 0.15) is 31.2 Å². The quantitative estimate of drug-likeness (QED) is 0.622. The van der Waals surface area contributed by atoms with E-state index < -0.39 is 5.51 Å². The number of rotatable bonds is 6. The van der Waals surface area contributed by atoms with Crippen LogP contribution in [0.4, 0.5) is 13.2 Å². The van der Waals surface area contributed by atoms with Gasteiger partial charge in [-0.15, -0.1) is 0 Å². The Kier molecular flexibility index (Phi) is 6.39. The summed E-state index contributed by atoms with van der Waals surface area (Å²) in [6, 6.07) is 6.50. The maximum atomic E-state index is 12.2. The fourth-order valence-corrected chi connectivity index (χ4v) is 2.88. The van der Waals surface area contributed by atoms with Gasteiger partial charge in [0.2, 0.25) is 0 Å². The molecule has 0 aromatic heterocycles. The van der Waals surface area contributed by atoms with Crippen molar-refractivity contribution in [3.63, 3.8) is 0 Å². The van der Waals surface area contributed by atoms with Gasteiger partial charge in [-0.3, -0.25) is 0 Å². The van der Waals surface area contributed by atoms with E-state index in [1.165, 1.54) is 18.6 Å². The lowest BCUT2D eigenvalue weighted by Crippen LogP contribution is -2.25. The molecule has 1 aliphatic heterocycles. The molecule has 1 heterocycles. The molecule has 0 bridgehead atoms. The first-order valence-electron chi connectivity index (χ1n) is 7.20. The Morgan fingerprint density at radius 1 is 1.19 bits per heavy atom. The number of hydrogen-bond donors (Lipinski definition) is 1. The number of thioether (sulfide) groups is 1. The summed E-state index contributed by atoms with van der Waals surface area (Å²) in [5.41, 5.74) is -3.23. The summed E-state index contributed by atoms with van der Waals surface area (Å²) in [5, 5.41) is 3.31. The molecule has 118 valence electrons. The summed E-state index contributed by atoms with van der Waals surface area (Å²) in [7, 11) is 0. The van der Waals surface area contributed by atoms with Crippen LogP contribution in [0.15, 0.2) is 29.2 Å². The topological polar surface area (TPSA) is 21.3 Å². The Bertz CT molecular complexity index is 416. The minimum absolute atomic E-state index is 0.0804. The second-order valence-electron chi connectivity index (χ2n) is 5.15. The second kappa shape index (κ2) is 8.06. The van der Waals surface area contributed by atoms with Crippen LogP contribution >= 0.6 is 11.8 Å². The van der Waals surface area contributed by atoms with E-state index in [0.29, 0.717) is 12.6 Å². The maximum Gasteiger partial charge on any atom is 0.446 e. The number of benzene rings is 1. The van der Waals surface area contributed by atoms with Gasteiger partial charge in [-0.2, -0.15) is 13.2 Å². The molecule has 1 saturated heterocycles. The largest absolute Gasteiger partial charge is 0.446 e. The van der Waals surface area contributed by atoms with Crippen molar-refractivity contribution in [1.29, 1.82) is 0 Å². The smallest absolute Gasteiger partial charge is 0.378 e. The Labute approximate surface area is 127 Å². The number of halogens is 3. The fraction of sp³-hybridized carbons (Fsp3) is 0.600. The van der Waals surface area contributed by atoms with Gasteiger partial charge in [-0.05, 0) is 61.7 Å². The minimum atomic E-state index is -4.22. The average Bonchev–Trinajstić information content (AvgIpc) is 2.45. The third-order valence-corrected chi connectivity index (χ3v) is 4.14. The molecule has 2 nitrogen and oxygen atoms in total. The van der Waals surface area contributed by atoms with Crippen LogP contribution in [0.3, 0.4) is 0 Å². The molecular weight excluding hydrogens is 299 g/mol. The molecule has 6 heteroatoms. The van der Waals surface area contributed by atoms with E-state index >= 15 is 0 Å². The zero-order chi connectivity index (χ0) is 15.1. The molecular formula is C15H20F3NOS. The monoisotopic (exact) mass is 319 g/mol. The van der Waals surface area contributed by atoms with E-state index in [1.807, 2.05) is 0 Å². The van der Waals surface area contributed by atoms with Crippen LogP contribution in [0.25, 0.3) is 0 Å². The van der Waals surface area contributed by atoms with Gasteiger partial charge >= 0.3 is 5.51 Å². The fourth-order valence-electron chi connectivity index (χ4n) is 2.34. The van der Waals surface area contributed by atoms with E-state index in [-0.39, 0.29) is 16.7 Å². The first kappa shape index (κ1) is 16.6. The molecule has 2 rings (SSSR count). The van der Waals surface area contributed by atoms with Crippen molar-refractivity contribution in [3.8, 4) is 0 Å². The molecule has 1 atom stereocenters. The summed E-state index contributed by atoms with van der Waals surface area (Å²) >= 11 is -0.0804. The Morgan fingerprint density at radius 3 is 2.57 bits per heavy atom. The first-order valence-corrected chi connectivity index (χ1v) is 8.01. The van der Waals surface area contributed by atoms with E-state index in [0.717, 1.165) is 38.0 Å². The summed E-state index contributed by atoms with van der Waals surface area (Å²) < 4.78 is 42.3. The van der Waals surface area contributed by atoms with E-state index in [9.17, 15) is 13.2 Å².